The largest absolute Gasteiger partial charge is 0.461 e. The molecular formula is C31H51BrO2. The number of carbonyl (C=O) groups is 1. The zero-order chi connectivity index (χ0) is 24.3. The van der Waals surface area contributed by atoms with E-state index in [1.807, 2.05) is 6.92 Å². The van der Waals surface area contributed by atoms with Gasteiger partial charge in [0.15, 0.2) is 0 Å². The zero-order valence-electron chi connectivity index (χ0n) is 22.5. The van der Waals surface area contributed by atoms with Crippen LogP contribution in [0.15, 0.2) is 11.6 Å². The fourth-order valence-electron chi connectivity index (χ4n) is 8.89. The normalized spacial score (nSPS) is 40.0. The molecule has 8 atom stereocenters. The van der Waals surface area contributed by atoms with Crippen molar-refractivity contribution in [2.45, 2.75) is 141 Å². The summed E-state index contributed by atoms with van der Waals surface area (Å²) >= 11 is 3.47. The lowest BCUT2D eigenvalue weighted by atomic mass is 9.47. The van der Waals surface area contributed by atoms with Gasteiger partial charge < -0.3 is 4.74 Å². The van der Waals surface area contributed by atoms with Crippen molar-refractivity contribution in [3.8, 4) is 0 Å². The molecular weight excluding hydrogens is 484 g/mol. The molecule has 0 bridgehead atoms. The van der Waals surface area contributed by atoms with Crippen molar-refractivity contribution in [2.75, 3.05) is 0 Å². The summed E-state index contributed by atoms with van der Waals surface area (Å²) in [7, 11) is 0. The van der Waals surface area contributed by atoms with Gasteiger partial charge in [-0.2, -0.15) is 0 Å². The van der Waals surface area contributed by atoms with Crippen molar-refractivity contribution in [3.05, 3.63) is 11.6 Å². The Morgan fingerprint density at radius 2 is 1.79 bits per heavy atom. The molecule has 4 aliphatic carbocycles. The molecule has 0 spiro atoms. The summed E-state index contributed by atoms with van der Waals surface area (Å²) in [6.45, 7) is 9.59. The first-order valence-electron chi connectivity index (χ1n) is 14.9. The second-order valence-electron chi connectivity index (χ2n) is 12.8. The highest BCUT2D eigenvalue weighted by atomic mass is 79.9. The second kappa shape index (κ2) is 11.4. The van der Waals surface area contributed by atoms with Gasteiger partial charge in [-0.3, -0.25) is 4.79 Å². The van der Waals surface area contributed by atoms with Crippen LogP contribution in [0.5, 0.6) is 0 Å². The molecule has 0 N–H and O–H groups in total. The van der Waals surface area contributed by atoms with Crippen LogP contribution in [-0.2, 0) is 9.53 Å². The van der Waals surface area contributed by atoms with E-state index in [0.29, 0.717) is 10.8 Å². The van der Waals surface area contributed by atoms with E-state index in [1.165, 1.54) is 83.5 Å². The highest BCUT2D eigenvalue weighted by molar-refractivity contribution is 9.10. The third-order valence-electron chi connectivity index (χ3n) is 11.1. The van der Waals surface area contributed by atoms with Crippen LogP contribution >= 0.6 is 15.9 Å². The third kappa shape index (κ3) is 5.21. The van der Waals surface area contributed by atoms with Crippen LogP contribution < -0.4 is 0 Å². The maximum absolute atomic E-state index is 12.4. The molecule has 0 aliphatic heterocycles. The van der Waals surface area contributed by atoms with Crippen LogP contribution in [0.1, 0.15) is 130 Å². The molecule has 0 aromatic rings. The Bertz CT molecular complexity index is 731. The number of hydrogen-bond donors (Lipinski definition) is 0. The Kier molecular flexibility index (Phi) is 8.96. The van der Waals surface area contributed by atoms with E-state index in [0.717, 1.165) is 42.9 Å². The molecule has 0 aromatic carbocycles. The van der Waals surface area contributed by atoms with Crippen molar-refractivity contribution in [2.24, 2.45) is 34.5 Å². The molecule has 2 nitrogen and oxygen atoms in total. The molecule has 0 heterocycles. The van der Waals surface area contributed by atoms with Crippen molar-refractivity contribution in [3.63, 3.8) is 0 Å². The summed E-state index contributed by atoms with van der Waals surface area (Å²) < 4.78 is 5.92. The molecule has 4 rings (SSSR count). The van der Waals surface area contributed by atoms with Crippen LogP contribution in [0.2, 0.25) is 0 Å². The van der Waals surface area contributed by atoms with Crippen molar-refractivity contribution < 1.29 is 9.53 Å². The summed E-state index contributed by atoms with van der Waals surface area (Å²) in [6, 6.07) is 0. The van der Waals surface area contributed by atoms with E-state index in [4.69, 9.17) is 4.74 Å². The molecule has 3 fully saturated rings. The van der Waals surface area contributed by atoms with E-state index in [1.54, 1.807) is 5.57 Å². The monoisotopic (exact) mass is 534 g/mol. The van der Waals surface area contributed by atoms with Crippen molar-refractivity contribution in [1.82, 2.24) is 0 Å². The molecule has 0 radical (unpaired) electrons. The first-order valence-corrected chi connectivity index (χ1v) is 15.8. The van der Waals surface area contributed by atoms with Gasteiger partial charge in [-0.25, -0.2) is 0 Å². The van der Waals surface area contributed by atoms with Gasteiger partial charge in [0.1, 0.15) is 10.9 Å². The quantitative estimate of drug-likeness (QED) is 0.121. The molecule has 0 unspecified atom stereocenters. The Hall–Kier alpha value is -0.310. The molecule has 3 saturated carbocycles. The lowest BCUT2D eigenvalue weighted by Gasteiger charge is -2.58. The minimum atomic E-state index is -0.159. The average Bonchev–Trinajstić information content (AvgIpc) is 3.17. The summed E-state index contributed by atoms with van der Waals surface area (Å²) in [5.74, 6) is 3.55. The summed E-state index contributed by atoms with van der Waals surface area (Å²) in [4.78, 5) is 12.2. The van der Waals surface area contributed by atoms with E-state index in [2.05, 4.69) is 42.8 Å². The zero-order valence-corrected chi connectivity index (χ0v) is 24.1. The summed E-state index contributed by atoms with van der Waals surface area (Å²) in [5.41, 5.74) is 2.54. The fourth-order valence-corrected chi connectivity index (χ4v) is 8.99. The molecule has 0 aromatic heterocycles. The highest BCUT2D eigenvalue weighted by Crippen LogP contribution is 2.66. The minimum Gasteiger partial charge on any atom is -0.461 e. The molecule has 0 amide bonds. The van der Waals surface area contributed by atoms with Crippen LogP contribution in [0, 0.1) is 34.5 Å². The second-order valence-corrected chi connectivity index (χ2v) is 13.9. The lowest BCUT2D eigenvalue weighted by molar-refractivity contribution is -0.150. The Labute approximate surface area is 218 Å². The van der Waals surface area contributed by atoms with E-state index in [-0.39, 0.29) is 16.9 Å². The topological polar surface area (TPSA) is 26.3 Å². The summed E-state index contributed by atoms with van der Waals surface area (Å²) in [6.07, 6.45) is 23.8. The number of rotatable bonds is 10. The maximum Gasteiger partial charge on any atom is 0.319 e. The summed E-state index contributed by atoms with van der Waals surface area (Å²) in [5, 5.41) is 0. The first-order chi connectivity index (χ1) is 16.3. The van der Waals surface area contributed by atoms with Crippen LogP contribution in [0.3, 0.4) is 0 Å². The lowest BCUT2D eigenvalue weighted by Crippen LogP contribution is -2.50. The fraction of sp³-hybridized carbons (Fsp3) is 0.903. The Balaban J connectivity index is 1.37. The maximum atomic E-state index is 12.4. The number of alkyl halides is 1. The van der Waals surface area contributed by atoms with Gasteiger partial charge in [0.25, 0.3) is 0 Å². The van der Waals surface area contributed by atoms with E-state index >= 15 is 0 Å². The third-order valence-corrected chi connectivity index (χ3v) is 12.1. The molecule has 3 heteroatoms. The Morgan fingerprint density at radius 3 is 2.56 bits per heavy atom. The number of halogens is 1. The minimum absolute atomic E-state index is 0.0683. The average molecular weight is 536 g/mol. The number of unbranched alkanes of at least 4 members (excludes halogenated alkanes) is 5. The number of ether oxygens (including phenoxy) is 1. The van der Waals surface area contributed by atoms with Gasteiger partial charge in [-0.1, -0.05) is 93.8 Å². The highest BCUT2D eigenvalue weighted by Gasteiger charge is 2.58. The standard InChI is InChI=1S/C31H51BrO2/c1-5-7-8-9-10-11-12-22-14-16-26-25-15-13-23-21-24(34-29(33)28(32)6-2)17-19-31(23,4)27(25)18-20-30(22,26)3/h13,22,24-28H,5-12,14-21H2,1-4H3/t22-,24-,25-,26-,27-,28-,30+,31-/m0/s1. The first kappa shape index (κ1) is 26.7. The number of esters is 1. The number of hydrogen-bond acceptors (Lipinski definition) is 2. The van der Waals surface area contributed by atoms with Gasteiger partial charge in [-0.05, 0) is 92.3 Å². The SMILES string of the molecule is CCCCCCCC[C@H]1CC[C@H]2[C@@H]3CC=C4C[C@@H](OC(=O)[C@@H](Br)CC)CC[C@]4(C)[C@H]3CC[C@]12C. The predicted molar refractivity (Wildman–Crippen MR) is 146 cm³/mol. The van der Waals surface area contributed by atoms with E-state index < -0.39 is 0 Å². The molecule has 34 heavy (non-hydrogen) atoms. The molecule has 4 aliphatic rings. The van der Waals surface area contributed by atoms with Gasteiger partial charge in [-0.15, -0.1) is 0 Å². The molecule has 194 valence electrons. The Morgan fingerprint density at radius 1 is 1.03 bits per heavy atom. The number of carbonyl (C=O) groups excluding carboxylic acids is 1. The van der Waals surface area contributed by atoms with Crippen LogP contribution in [-0.4, -0.2) is 16.9 Å². The van der Waals surface area contributed by atoms with Crippen LogP contribution in [0.4, 0.5) is 0 Å². The van der Waals surface area contributed by atoms with Gasteiger partial charge >= 0.3 is 5.97 Å². The van der Waals surface area contributed by atoms with Crippen LogP contribution in [0.25, 0.3) is 0 Å². The van der Waals surface area contributed by atoms with Crippen molar-refractivity contribution >= 4 is 21.9 Å². The number of fused-ring (bicyclic) bond motifs is 5. The predicted octanol–water partition coefficient (Wildman–Crippen LogP) is 9.40. The van der Waals surface area contributed by atoms with Gasteiger partial charge in [0, 0.05) is 6.42 Å². The van der Waals surface area contributed by atoms with Gasteiger partial charge in [0.05, 0.1) is 0 Å². The van der Waals surface area contributed by atoms with Gasteiger partial charge in [0.2, 0.25) is 0 Å². The molecule has 0 saturated heterocycles. The van der Waals surface area contributed by atoms with Crippen molar-refractivity contribution in [1.29, 1.82) is 0 Å². The smallest absolute Gasteiger partial charge is 0.319 e. The van der Waals surface area contributed by atoms with E-state index in [9.17, 15) is 4.79 Å². The number of allylic oxidation sites excluding steroid dienone is 1.